The molecule has 0 bridgehead atoms. The van der Waals surface area contributed by atoms with E-state index in [4.69, 9.17) is 11.6 Å². The fourth-order valence-corrected chi connectivity index (χ4v) is 2.31. The van der Waals surface area contributed by atoms with Gasteiger partial charge in [0.25, 0.3) is 0 Å². The van der Waals surface area contributed by atoms with Crippen LogP contribution >= 0.6 is 27.5 Å². The summed E-state index contributed by atoms with van der Waals surface area (Å²) in [5, 5.41) is 3.67. The Kier molecular flexibility index (Phi) is 3.16. The van der Waals surface area contributed by atoms with E-state index in [2.05, 4.69) is 36.2 Å². The number of benzene rings is 1. The van der Waals surface area contributed by atoms with Gasteiger partial charge in [0.1, 0.15) is 11.6 Å². The van der Waals surface area contributed by atoms with Crippen LogP contribution in [-0.2, 0) is 0 Å². The molecule has 0 aliphatic heterocycles. The van der Waals surface area contributed by atoms with E-state index in [1.54, 1.807) is 0 Å². The zero-order valence-electron chi connectivity index (χ0n) is 10.0. The molecule has 6 heteroatoms. The minimum atomic E-state index is 0.676. The predicted octanol–water partition coefficient (Wildman–Crippen LogP) is 4.08. The summed E-state index contributed by atoms with van der Waals surface area (Å²) in [6.45, 7) is 0. The summed E-state index contributed by atoms with van der Waals surface area (Å²) < 4.78 is 0.844. The minimum Gasteiger partial charge on any atom is -0.373 e. The van der Waals surface area contributed by atoms with Crippen molar-refractivity contribution in [2.45, 2.75) is 0 Å². The topological polar surface area (TPSA) is 53.6 Å². The number of rotatable bonds is 2. The second-order valence-electron chi connectivity index (χ2n) is 4.03. The van der Waals surface area contributed by atoms with Crippen molar-refractivity contribution in [3.05, 3.63) is 39.8 Å². The van der Waals surface area contributed by atoms with Crippen LogP contribution in [0.2, 0.25) is 5.02 Å². The Morgan fingerprint density at radius 3 is 2.79 bits per heavy atom. The summed E-state index contributed by atoms with van der Waals surface area (Å²) in [7, 11) is 1.83. The molecule has 0 amide bonds. The average molecular weight is 338 g/mol. The van der Waals surface area contributed by atoms with Gasteiger partial charge in [-0.25, -0.2) is 9.97 Å². The number of H-pyrrole nitrogens is 1. The normalized spacial score (nSPS) is 10.9. The van der Waals surface area contributed by atoms with Crippen molar-refractivity contribution in [2.75, 3.05) is 12.4 Å². The molecule has 2 aromatic heterocycles. The van der Waals surface area contributed by atoms with Gasteiger partial charge in [-0.2, -0.15) is 0 Å². The van der Waals surface area contributed by atoms with Crippen molar-refractivity contribution in [2.24, 2.45) is 0 Å². The Morgan fingerprint density at radius 1 is 1.21 bits per heavy atom. The highest BCUT2D eigenvalue weighted by atomic mass is 79.9. The van der Waals surface area contributed by atoms with Gasteiger partial charge in [-0.15, -0.1) is 0 Å². The number of pyridine rings is 1. The van der Waals surface area contributed by atoms with Gasteiger partial charge < -0.3 is 10.3 Å². The molecule has 0 fully saturated rings. The van der Waals surface area contributed by atoms with Crippen molar-refractivity contribution in [1.82, 2.24) is 15.0 Å². The van der Waals surface area contributed by atoms with Crippen LogP contribution in [0.5, 0.6) is 0 Å². The van der Waals surface area contributed by atoms with E-state index >= 15 is 0 Å². The summed E-state index contributed by atoms with van der Waals surface area (Å²) >= 11 is 9.40. The van der Waals surface area contributed by atoms with E-state index in [0.717, 1.165) is 27.2 Å². The van der Waals surface area contributed by atoms with Gasteiger partial charge in [0.05, 0.1) is 10.5 Å². The van der Waals surface area contributed by atoms with Gasteiger partial charge in [0, 0.05) is 17.1 Å². The van der Waals surface area contributed by atoms with Gasteiger partial charge in [-0.3, -0.25) is 0 Å². The third-order valence-corrected chi connectivity index (χ3v) is 4.01. The number of hydrogen-bond donors (Lipinski definition) is 2. The van der Waals surface area contributed by atoms with Gasteiger partial charge in [-0.1, -0.05) is 11.6 Å². The molecule has 3 rings (SSSR count). The molecule has 1 aromatic carbocycles. The zero-order chi connectivity index (χ0) is 13.4. The Bertz CT molecular complexity index is 753. The van der Waals surface area contributed by atoms with Crippen LogP contribution in [0.15, 0.2) is 34.8 Å². The van der Waals surface area contributed by atoms with E-state index in [-0.39, 0.29) is 0 Å². The van der Waals surface area contributed by atoms with E-state index in [0.29, 0.717) is 10.7 Å². The summed E-state index contributed by atoms with van der Waals surface area (Å²) in [6, 6.07) is 9.54. The molecule has 0 aliphatic rings. The molecular weight excluding hydrogens is 328 g/mol. The maximum atomic E-state index is 5.99. The second-order valence-corrected chi connectivity index (χ2v) is 5.29. The largest absolute Gasteiger partial charge is 0.373 e. The van der Waals surface area contributed by atoms with Crippen LogP contribution < -0.4 is 5.32 Å². The SMILES string of the molecule is CNc1ccc2[nH]c(-c3ccc(Cl)c(Br)c3)nc2n1. The number of aromatic amines is 1. The molecule has 0 saturated heterocycles. The Balaban J connectivity index is 2.11. The lowest BCUT2D eigenvalue weighted by Gasteiger charge is -1.99. The molecular formula is C13H10BrClN4. The maximum absolute atomic E-state index is 5.99. The first-order valence-corrected chi connectivity index (χ1v) is 6.84. The Morgan fingerprint density at radius 2 is 2.05 bits per heavy atom. The lowest BCUT2D eigenvalue weighted by atomic mass is 10.2. The first-order chi connectivity index (χ1) is 9.17. The number of imidazole rings is 1. The summed E-state index contributed by atoms with van der Waals surface area (Å²) in [5.41, 5.74) is 2.55. The molecule has 96 valence electrons. The first-order valence-electron chi connectivity index (χ1n) is 5.67. The van der Waals surface area contributed by atoms with Gasteiger partial charge >= 0.3 is 0 Å². The highest BCUT2D eigenvalue weighted by Crippen LogP contribution is 2.28. The standard InChI is InChI=1S/C13H10BrClN4/c1-16-11-5-4-10-13(18-11)19-12(17-10)7-2-3-9(15)8(14)6-7/h2-6H,1H3,(H2,16,17,18,19). The average Bonchev–Trinajstić information content (AvgIpc) is 2.84. The monoisotopic (exact) mass is 336 g/mol. The molecule has 0 radical (unpaired) electrons. The fourth-order valence-electron chi connectivity index (χ4n) is 1.81. The summed E-state index contributed by atoms with van der Waals surface area (Å²) in [6.07, 6.45) is 0. The van der Waals surface area contributed by atoms with Crippen LogP contribution in [0.1, 0.15) is 0 Å². The van der Waals surface area contributed by atoms with Crippen LogP contribution in [0.25, 0.3) is 22.6 Å². The second kappa shape index (κ2) is 4.83. The molecule has 0 unspecified atom stereocenters. The minimum absolute atomic E-state index is 0.676. The van der Waals surface area contributed by atoms with Crippen LogP contribution in [0.4, 0.5) is 5.82 Å². The molecule has 4 nitrogen and oxygen atoms in total. The lowest BCUT2D eigenvalue weighted by molar-refractivity contribution is 1.28. The summed E-state index contributed by atoms with van der Waals surface area (Å²) in [5.74, 6) is 1.57. The Hall–Kier alpha value is -1.59. The van der Waals surface area contributed by atoms with Crippen molar-refractivity contribution in [3.8, 4) is 11.4 Å². The van der Waals surface area contributed by atoms with E-state index in [9.17, 15) is 0 Å². The quantitative estimate of drug-likeness (QED) is 0.741. The number of hydrogen-bond acceptors (Lipinski definition) is 3. The number of anilines is 1. The fraction of sp³-hybridized carbons (Fsp3) is 0.0769. The highest BCUT2D eigenvalue weighted by Gasteiger charge is 2.08. The number of aromatic nitrogens is 3. The molecule has 3 aromatic rings. The third kappa shape index (κ3) is 2.31. The van der Waals surface area contributed by atoms with Crippen molar-refractivity contribution >= 4 is 44.5 Å². The van der Waals surface area contributed by atoms with E-state index in [1.807, 2.05) is 37.4 Å². The molecule has 0 saturated carbocycles. The van der Waals surface area contributed by atoms with Gasteiger partial charge in [0.15, 0.2) is 5.65 Å². The first kappa shape index (κ1) is 12.4. The van der Waals surface area contributed by atoms with Gasteiger partial charge in [-0.05, 0) is 46.3 Å². The van der Waals surface area contributed by atoms with Crippen LogP contribution in [-0.4, -0.2) is 22.0 Å². The van der Waals surface area contributed by atoms with E-state index in [1.165, 1.54) is 0 Å². The molecule has 2 heterocycles. The predicted molar refractivity (Wildman–Crippen MR) is 81.6 cm³/mol. The van der Waals surface area contributed by atoms with Crippen molar-refractivity contribution in [3.63, 3.8) is 0 Å². The van der Waals surface area contributed by atoms with Gasteiger partial charge in [0.2, 0.25) is 0 Å². The van der Waals surface area contributed by atoms with E-state index < -0.39 is 0 Å². The molecule has 2 N–H and O–H groups in total. The number of nitrogens with one attached hydrogen (secondary N) is 2. The highest BCUT2D eigenvalue weighted by molar-refractivity contribution is 9.10. The molecule has 0 spiro atoms. The maximum Gasteiger partial charge on any atom is 0.180 e. The molecule has 0 aliphatic carbocycles. The molecule has 19 heavy (non-hydrogen) atoms. The summed E-state index contributed by atoms with van der Waals surface area (Å²) in [4.78, 5) is 12.1. The number of nitrogens with zero attached hydrogens (tertiary/aromatic N) is 2. The van der Waals surface area contributed by atoms with Crippen molar-refractivity contribution < 1.29 is 0 Å². The molecule has 0 atom stereocenters. The zero-order valence-corrected chi connectivity index (χ0v) is 12.4. The number of fused-ring (bicyclic) bond motifs is 1. The van der Waals surface area contributed by atoms with Crippen LogP contribution in [0, 0.1) is 0 Å². The number of halogens is 2. The van der Waals surface area contributed by atoms with Crippen LogP contribution in [0.3, 0.4) is 0 Å². The Labute approximate surface area is 123 Å². The smallest absolute Gasteiger partial charge is 0.180 e. The lowest BCUT2D eigenvalue weighted by Crippen LogP contribution is -1.91. The van der Waals surface area contributed by atoms with Crippen molar-refractivity contribution in [1.29, 1.82) is 0 Å². The third-order valence-electron chi connectivity index (χ3n) is 2.80.